The molecule has 3 N–H and O–H groups in total. The molecule has 1 aromatic carbocycles. The fraction of sp³-hybridized carbons (Fsp3) is 0.476. The number of thiazole rings is 1. The molecule has 1 atom stereocenters. The Labute approximate surface area is 199 Å². The van der Waals surface area contributed by atoms with E-state index < -0.39 is 0 Å². The smallest absolute Gasteiger partial charge is 0.217 e. The number of primary amides is 1. The molecule has 1 aliphatic heterocycles. The van der Waals surface area contributed by atoms with Crippen LogP contribution in [0, 0.1) is 5.92 Å². The van der Waals surface area contributed by atoms with E-state index in [1.54, 1.807) is 18.4 Å². The number of rotatable bonds is 7. The summed E-state index contributed by atoms with van der Waals surface area (Å²) in [5.74, 6) is 1.78. The molecular weight excluding hydrogens is 513 g/mol. The molecule has 30 heavy (non-hydrogen) atoms. The maximum absolute atomic E-state index is 11.3. The van der Waals surface area contributed by atoms with E-state index in [9.17, 15) is 4.79 Å². The zero-order valence-corrected chi connectivity index (χ0v) is 20.6. The van der Waals surface area contributed by atoms with E-state index in [1.807, 2.05) is 24.3 Å². The fourth-order valence-corrected chi connectivity index (χ4v) is 4.35. The summed E-state index contributed by atoms with van der Waals surface area (Å²) in [7, 11) is 1.66. The number of benzene rings is 1. The van der Waals surface area contributed by atoms with Gasteiger partial charge in [0.05, 0.1) is 19.3 Å². The van der Waals surface area contributed by atoms with Crippen molar-refractivity contribution in [2.24, 2.45) is 16.6 Å². The molecule has 1 fully saturated rings. The highest BCUT2D eigenvalue weighted by Crippen LogP contribution is 2.26. The number of guanidine groups is 1. The standard InChI is InChI=1S/C21H29N5O2S.HI/c1-3-23-21(26-10-4-5-15(13-26)11-19(22)27)24-12-17-14-29-20(25-17)16-6-8-18(28-2)9-7-16;/h6-9,14-15H,3-5,10-13H2,1-2H3,(H2,22,27)(H,23,24);1H. The van der Waals surface area contributed by atoms with E-state index in [4.69, 9.17) is 20.4 Å². The predicted octanol–water partition coefficient (Wildman–Crippen LogP) is 3.49. The molecule has 0 radical (unpaired) electrons. The van der Waals surface area contributed by atoms with Crippen LogP contribution in [0.3, 0.4) is 0 Å². The minimum Gasteiger partial charge on any atom is -0.497 e. The molecule has 0 aliphatic carbocycles. The maximum atomic E-state index is 11.3. The summed E-state index contributed by atoms with van der Waals surface area (Å²) in [6.07, 6.45) is 2.52. The number of aromatic nitrogens is 1. The van der Waals surface area contributed by atoms with Gasteiger partial charge in [-0.3, -0.25) is 4.79 Å². The molecule has 0 spiro atoms. The van der Waals surface area contributed by atoms with Crippen LogP contribution in [0.15, 0.2) is 34.6 Å². The molecule has 1 saturated heterocycles. The number of nitrogens with zero attached hydrogens (tertiary/aromatic N) is 3. The second-order valence-corrected chi connectivity index (χ2v) is 8.03. The molecule has 7 nitrogen and oxygen atoms in total. The van der Waals surface area contributed by atoms with Gasteiger partial charge in [-0.1, -0.05) is 0 Å². The number of nitrogens with one attached hydrogen (secondary N) is 1. The Morgan fingerprint density at radius 2 is 2.17 bits per heavy atom. The highest BCUT2D eigenvalue weighted by atomic mass is 127. The van der Waals surface area contributed by atoms with E-state index >= 15 is 0 Å². The molecule has 1 unspecified atom stereocenters. The summed E-state index contributed by atoms with van der Waals surface area (Å²) in [4.78, 5) is 23.0. The van der Waals surface area contributed by atoms with Crippen LogP contribution in [0.25, 0.3) is 10.6 Å². The lowest BCUT2D eigenvalue weighted by atomic mass is 9.95. The molecular formula is C21H30IN5O2S. The number of hydrogen-bond donors (Lipinski definition) is 2. The van der Waals surface area contributed by atoms with Gasteiger partial charge < -0.3 is 20.7 Å². The number of carbonyl (C=O) groups is 1. The maximum Gasteiger partial charge on any atom is 0.217 e. The first-order valence-corrected chi connectivity index (χ1v) is 10.9. The molecule has 2 aromatic rings. The molecule has 1 amide bonds. The average molecular weight is 543 g/mol. The molecule has 2 heterocycles. The van der Waals surface area contributed by atoms with Crippen LogP contribution in [-0.2, 0) is 11.3 Å². The summed E-state index contributed by atoms with van der Waals surface area (Å²) >= 11 is 1.62. The quantitative estimate of drug-likeness (QED) is 0.317. The number of halogens is 1. The van der Waals surface area contributed by atoms with E-state index in [0.29, 0.717) is 18.9 Å². The van der Waals surface area contributed by atoms with Gasteiger partial charge in [-0.15, -0.1) is 35.3 Å². The van der Waals surface area contributed by atoms with Crippen molar-refractivity contribution in [1.29, 1.82) is 0 Å². The molecule has 0 saturated carbocycles. The Morgan fingerprint density at radius 3 is 2.83 bits per heavy atom. The Kier molecular flexibility index (Phi) is 9.83. The Hall–Kier alpha value is -1.88. The number of carbonyl (C=O) groups excluding carboxylic acids is 1. The summed E-state index contributed by atoms with van der Waals surface area (Å²) in [5, 5.41) is 6.40. The van der Waals surface area contributed by atoms with Gasteiger partial charge in [0.1, 0.15) is 10.8 Å². The third-order valence-electron chi connectivity index (χ3n) is 4.92. The zero-order chi connectivity index (χ0) is 20.6. The number of amides is 1. The molecule has 1 aromatic heterocycles. The van der Waals surface area contributed by atoms with Crippen molar-refractivity contribution in [3.8, 4) is 16.3 Å². The third-order valence-corrected chi connectivity index (χ3v) is 5.86. The van der Waals surface area contributed by atoms with Crippen molar-refractivity contribution < 1.29 is 9.53 Å². The lowest BCUT2D eigenvalue weighted by Crippen LogP contribution is -2.47. The normalized spacial score (nSPS) is 16.7. The summed E-state index contributed by atoms with van der Waals surface area (Å²) in [5.41, 5.74) is 7.41. The minimum atomic E-state index is -0.229. The number of nitrogens with two attached hydrogens (primary N) is 1. The van der Waals surface area contributed by atoms with Crippen LogP contribution >= 0.6 is 35.3 Å². The Balaban J connectivity index is 0.00000320. The Morgan fingerprint density at radius 1 is 1.40 bits per heavy atom. The zero-order valence-electron chi connectivity index (χ0n) is 17.5. The first kappa shape index (κ1) is 24.4. The minimum absolute atomic E-state index is 0. The van der Waals surface area contributed by atoms with E-state index in [0.717, 1.165) is 60.4 Å². The van der Waals surface area contributed by atoms with Crippen LogP contribution in [0.4, 0.5) is 0 Å². The summed E-state index contributed by atoms with van der Waals surface area (Å²) in [6, 6.07) is 7.91. The summed E-state index contributed by atoms with van der Waals surface area (Å²) < 4.78 is 5.21. The van der Waals surface area contributed by atoms with Crippen LogP contribution in [-0.4, -0.2) is 48.5 Å². The van der Waals surface area contributed by atoms with E-state index in [2.05, 4.69) is 22.5 Å². The van der Waals surface area contributed by atoms with Crippen LogP contribution in [0.5, 0.6) is 5.75 Å². The van der Waals surface area contributed by atoms with Crippen molar-refractivity contribution in [3.05, 3.63) is 35.3 Å². The SMILES string of the molecule is CCNC(=NCc1csc(-c2ccc(OC)cc2)n1)N1CCCC(CC(N)=O)C1.I. The van der Waals surface area contributed by atoms with Crippen molar-refractivity contribution in [1.82, 2.24) is 15.2 Å². The van der Waals surface area contributed by atoms with Crippen molar-refractivity contribution in [2.75, 3.05) is 26.7 Å². The molecule has 9 heteroatoms. The lowest BCUT2D eigenvalue weighted by molar-refractivity contribution is -0.119. The van der Waals surface area contributed by atoms with Crippen molar-refractivity contribution in [3.63, 3.8) is 0 Å². The molecule has 0 bridgehead atoms. The van der Waals surface area contributed by atoms with Crippen LogP contribution in [0.2, 0.25) is 0 Å². The van der Waals surface area contributed by atoms with Crippen LogP contribution < -0.4 is 15.8 Å². The largest absolute Gasteiger partial charge is 0.497 e. The van der Waals surface area contributed by atoms with Gasteiger partial charge in [0.25, 0.3) is 0 Å². The molecule has 3 rings (SSSR count). The summed E-state index contributed by atoms with van der Waals surface area (Å²) in [6.45, 7) is 5.12. The monoisotopic (exact) mass is 543 g/mol. The van der Waals surface area contributed by atoms with Gasteiger partial charge in [-0.25, -0.2) is 9.98 Å². The van der Waals surface area contributed by atoms with Gasteiger partial charge in [-0.2, -0.15) is 0 Å². The van der Waals surface area contributed by atoms with Gasteiger partial charge in [-0.05, 0) is 49.9 Å². The van der Waals surface area contributed by atoms with E-state index in [-0.39, 0.29) is 29.9 Å². The number of hydrogen-bond acceptors (Lipinski definition) is 5. The number of aliphatic imine (C=N–C) groups is 1. The number of piperidine rings is 1. The molecule has 164 valence electrons. The second kappa shape index (κ2) is 12.1. The van der Waals surface area contributed by atoms with Crippen molar-refractivity contribution in [2.45, 2.75) is 32.7 Å². The third kappa shape index (κ3) is 6.83. The van der Waals surface area contributed by atoms with E-state index in [1.165, 1.54) is 0 Å². The topological polar surface area (TPSA) is 92.8 Å². The molecule has 1 aliphatic rings. The van der Waals surface area contributed by atoms with Gasteiger partial charge in [0.2, 0.25) is 5.91 Å². The van der Waals surface area contributed by atoms with Gasteiger partial charge in [0, 0.05) is 37.0 Å². The lowest BCUT2D eigenvalue weighted by Gasteiger charge is -2.34. The number of likely N-dealkylation sites (tertiary alicyclic amines) is 1. The predicted molar refractivity (Wildman–Crippen MR) is 132 cm³/mol. The number of methoxy groups -OCH3 is 1. The highest BCUT2D eigenvalue weighted by Gasteiger charge is 2.23. The average Bonchev–Trinajstić information content (AvgIpc) is 3.20. The van der Waals surface area contributed by atoms with Crippen molar-refractivity contribution >= 4 is 47.2 Å². The first-order valence-electron chi connectivity index (χ1n) is 9.99. The Bertz CT molecular complexity index is 840. The first-order chi connectivity index (χ1) is 14.1. The van der Waals surface area contributed by atoms with Crippen LogP contribution in [0.1, 0.15) is 31.9 Å². The fourth-order valence-electron chi connectivity index (χ4n) is 3.54. The van der Waals surface area contributed by atoms with Gasteiger partial charge >= 0.3 is 0 Å². The van der Waals surface area contributed by atoms with Gasteiger partial charge in [0.15, 0.2) is 5.96 Å². The highest BCUT2D eigenvalue weighted by molar-refractivity contribution is 14.0. The second-order valence-electron chi connectivity index (χ2n) is 7.17. The number of ether oxygens (including phenoxy) is 1.